The second-order valence-corrected chi connectivity index (χ2v) is 5.72. The van der Waals surface area contributed by atoms with Crippen LogP contribution in [0.25, 0.3) is 0 Å². The van der Waals surface area contributed by atoms with Crippen molar-refractivity contribution in [3.8, 4) is 0 Å². The smallest absolute Gasteiger partial charge is 0.220 e. The normalized spacial score (nSPS) is 11.1. The second kappa shape index (κ2) is 8.04. The maximum atomic E-state index is 11.7. The summed E-state index contributed by atoms with van der Waals surface area (Å²) in [7, 11) is 0. The van der Waals surface area contributed by atoms with Crippen LogP contribution in [0.3, 0.4) is 0 Å². The molecule has 1 rings (SSSR count). The van der Waals surface area contributed by atoms with Crippen molar-refractivity contribution >= 4 is 5.91 Å². The third-order valence-electron chi connectivity index (χ3n) is 3.37. The van der Waals surface area contributed by atoms with Gasteiger partial charge in [0.25, 0.3) is 0 Å². The van der Waals surface area contributed by atoms with Crippen LogP contribution in [0.5, 0.6) is 0 Å². The summed E-state index contributed by atoms with van der Waals surface area (Å²) < 4.78 is 2.06. The zero-order valence-corrected chi connectivity index (χ0v) is 13.2. The van der Waals surface area contributed by atoms with Crippen LogP contribution in [0.1, 0.15) is 43.6 Å². The molecule has 0 radical (unpaired) electrons. The Morgan fingerprint density at radius 1 is 1.40 bits per heavy atom. The Morgan fingerprint density at radius 3 is 2.70 bits per heavy atom. The number of hydrogen-bond donors (Lipinski definition) is 2. The van der Waals surface area contributed by atoms with E-state index in [4.69, 9.17) is 5.73 Å². The van der Waals surface area contributed by atoms with E-state index in [0.717, 1.165) is 25.1 Å². The van der Waals surface area contributed by atoms with Crippen molar-refractivity contribution < 1.29 is 4.79 Å². The van der Waals surface area contributed by atoms with Crippen molar-refractivity contribution in [2.24, 2.45) is 11.7 Å². The monoisotopic (exact) mass is 280 g/mol. The molecule has 1 heterocycles. The molecule has 20 heavy (non-hydrogen) atoms. The molecule has 3 N–H and O–H groups in total. The predicted octanol–water partition coefficient (Wildman–Crippen LogP) is 1.55. The van der Waals surface area contributed by atoms with Gasteiger partial charge in [0.05, 0.1) is 5.69 Å². The molecule has 114 valence electrons. The van der Waals surface area contributed by atoms with E-state index in [2.05, 4.69) is 35.9 Å². The van der Waals surface area contributed by atoms with Gasteiger partial charge in [-0.3, -0.25) is 9.48 Å². The van der Waals surface area contributed by atoms with Crippen LogP contribution in [0.15, 0.2) is 0 Å². The lowest BCUT2D eigenvalue weighted by molar-refractivity contribution is -0.121. The summed E-state index contributed by atoms with van der Waals surface area (Å²) in [5.41, 5.74) is 8.83. The quantitative estimate of drug-likeness (QED) is 0.710. The Balaban J connectivity index is 2.55. The summed E-state index contributed by atoms with van der Waals surface area (Å²) in [6, 6.07) is 0. The summed E-state index contributed by atoms with van der Waals surface area (Å²) in [6.07, 6.45) is 2.10. The van der Waals surface area contributed by atoms with E-state index in [9.17, 15) is 4.79 Å². The molecule has 0 atom stereocenters. The molecule has 0 aliphatic rings. The lowest BCUT2D eigenvalue weighted by Crippen LogP contribution is -2.26. The van der Waals surface area contributed by atoms with Crippen molar-refractivity contribution in [1.82, 2.24) is 15.1 Å². The summed E-state index contributed by atoms with van der Waals surface area (Å²) in [6.45, 7) is 10.7. The van der Waals surface area contributed by atoms with E-state index in [1.165, 1.54) is 11.3 Å². The third-order valence-corrected chi connectivity index (χ3v) is 3.37. The average Bonchev–Trinajstić information content (AvgIpc) is 2.62. The summed E-state index contributed by atoms with van der Waals surface area (Å²) in [5.74, 6) is 0.661. The molecule has 0 aromatic carbocycles. The van der Waals surface area contributed by atoms with Crippen molar-refractivity contribution in [3.63, 3.8) is 0 Å². The molecule has 1 aromatic rings. The number of hydrogen-bond acceptors (Lipinski definition) is 3. The van der Waals surface area contributed by atoms with Gasteiger partial charge in [-0.05, 0) is 44.7 Å². The molecule has 0 spiro atoms. The van der Waals surface area contributed by atoms with Crippen LogP contribution in [0.4, 0.5) is 0 Å². The van der Waals surface area contributed by atoms with Gasteiger partial charge in [0, 0.05) is 25.2 Å². The lowest BCUT2D eigenvalue weighted by Gasteiger charge is -2.08. The van der Waals surface area contributed by atoms with Crippen LogP contribution in [-0.2, 0) is 17.8 Å². The number of aryl methyl sites for hydroxylation is 1. The largest absolute Gasteiger partial charge is 0.356 e. The fraction of sp³-hybridized carbons (Fsp3) is 0.733. The van der Waals surface area contributed by atoms with Crippen molar-refractivity contribution in [2.45, 2.75) is 53.5 Å². The molecule has 0 unspecified atom stereocenters. The van der Waals surface area contributed by atoms with Crippen LogP contribution >= 0.6 is 0 Å². The fourth-order valence-electron chi connectivity index (χ4n) is 2.28. The molecule has 1 aromatic heterocycles. The zero-order chi connectivity index (χ0) is 15.1. The van der Waals surface area contributed by atoms with Gasteiger partial charge in [-0.1, -0.05) is 13.8 Å². The van der Waals surface area contributed by atoms with Gasteiger partial charge in [0.2, 0.25) is 5.91 Å². The predicted molar refractivity (Wildman–Crippen MR) is 81.5 cm³/mol. The van der Waals surface area contributed by atoms with E-state index < -0.39 is 0 Å². The highest BCUT2D eigenvalue weighted by Crippen LogP contribution is 2.16. The Morgan fingerprint density at radius 2 is 2.10 bits per heavy atom. The maximum absolute atomic E-state index is 11.7. The number of carbonyl (C=O) groups is 1. The second-order valence-electron chi connectivity index (χ2n) is 5.72. The highest BCUT2D eigenvalue weighted by Gasteiger charge is 2.13. The molecular formula is C15H28N4O. The topological polar surface area (TPSA) is 72.9 Å². The molecule has 0 fully saturated rings. The number of rotatable bonds is 8. The first-order chi connectivity index (χ1) is 9.45. The number of aromatic nitrogens is 2. The van der Waals surface area contributed by atoms with E-state index in [-0.39, 0.29) is 5.91 Å². The third kappa shape index (κ3) is 4.96. The first-order valence-corrected chi connectivity index (χ1v) is 7.45. The number of nitrogens with two attached hydrogens (primary N) is 1. The van der Waals surface area contributed by atoms with Gasteiger partial charge < -0.3 is 11.1 Å². The minimum absolute atomic E-state index is 0.0915. The molecule has 1 amide bonds. The molecule has 5 heteroatoms. The first kappa shape index (κ1) is 16.7. The average molecular weight is 280 g/mol. The van der Waals surface area contributed by atoms with Gasteiger partial charge in [-0.2, -0.15) is 5.10 Å². The van der Waals surface area contributed by atoms with Crippen LogP contribution in [0.2, 0.25) is 0 Å². The standard InChI is InChI=1S/C15H28N4O/c1-11(2)10-19-13(4)14(12(3)18-19)6-7-15(20)17-9-5-8-16/h11H,5-10,16H2,1-4H3,(H,17,20). The van der Waals surface area contributed by atoms with Gasteiger partial charge >= 0.3 is 0 Å². The van der Waals surface area contributed by atoms with Gasteiger partial charge in [0.15, 0.2) is 0 Å². The Hall–Kier alpha value is -1.36. The highest BCUT2D eigenvalue weighted by atomic mass is 16.1. The summed E-state index contributed by atoms with van der Waals surface area (Å²) >= 11 is 0. The van der Waals surface area contributed by atoms with E-state index in [1.807, 2.05) is 6.92 Å². The fourth-order valence-corrected chi connectivity index (χ4v) is 2.28. The van der Waals surface area contributed by atoms with Gasteiger partial charge in [0.1, 0.15) is 0 Å². The SMILES string of the molecule is Cc1nn(CC(C)C)c(C)c1CCC(=O)NCCCN. The van der Waals surface area contributed by atoms with E-state index in [1.54, 1.807) is 0 Å². The van der Waals surface area contributed by atoms with E-state index in [0.29, 0.717) is 25.4 Å². The summed E-state index contributed by atoms with van der Waals surface area (Å²) in [5, 5.41) is 7.46. The van der Waals surface area contributed by atoms with Crippen molar-refractivity contribution in [1.29, 1.82) is 0 Å². The van der Waals surface area contributed by atoms with Gasteiger partial charge in [-0.25, -0.2) is 0 Å². The lowest BCUT2D eigenvalue weighted by atomic mass is 10.1. The molecule has 0 aliphatic heterocycles. The van der Waals surface area contributed by atoms with Crippen LogP contribution in [-0.4, -0.2) is 28.8 Å². The summed E-state index contributed by atoms with van der Waals surface area (Å²) in [4.78, 5) is 11.7. The Bertz CT molecular complexity index is 437. The Kier molecular flexibility index (Phi) is 6.71. The van der Waals surface area contributed by atoms with Crippen molar-refractivity contribution in [2.75, 3.05) is 13.1 Å². The first-order valence-electron chi connectivity index (χ1n) is 7.45. The Labute approximate surface area is 121 Å². The number of nitrogens with one attached hydrogen (secondary N) is 1. The van der Waals surface area contributed by atoms with E-state index >= 15 is 0 Å². The number of nitrogens with zero attached hydrogens (tertiary/aromatic N) is 2. The minimum atomic E-state index is 0.0915. The molecule has 0 aliphatic carbocycles. The molecule has 0 saturated heterocycles. The molecule has 5 nitrogen and oxygen atoms in total. The van der Waals surface area contributed by atoms with Crippen LogP contribution < -0.4 is 11.1 Å². The van der Waals surface area contributed by atoms with Crippen LogP contribution in [0, 0.1) is 19.8 Å². The molecule has 0 bridgehead atoms. The maximum Gasteiger partial charge on any atom is 0.220 e. The zero-order valence-electron chi connectivity index (χ0n) is 13.2. The molecular weight excluding hydrogens is 252 g/mol. The minimum Gasteiger partial charge on any atom is -0.356 e. The highest BCUT2D eigenvalue weighted by molar-refractivity contribution is 5.76. The molecule has 0 saturated carbocycles. The number of carbonyl (C=O) groups excluding carboxylic acids is 1. The van der Waals surface area contributed by atoms with Gasteiger partial charge in [-0.15, -0.1) is 0 Å². The van der Waals surface area contributed by atoms with Crippen molar-refractivity contribution in [3.05, 3.63) is 17.0 Å². The number of amides is 1.